The Kier molecular flexibility index (Phi) is 3.67. The van der Waals surface area contributed by atoms with E-state index in [1.807, 2.05) is 0 Å². The molecular formula is C11H14N2O4. The second-order valence-electron chi connectivity index (χ2n) is 3.96. The van der Waals surface area contributed by atoms with Crippen LogP contribution in [0, 0.1) is 0 Å². The van der Waals surface area contributed by atoms with Crippen LogP contribution in [0.25, 0.3) is 0 Å². The summed E-state index contributed by atoms with van der Waals surface area (Å²) in [5.41, 5.74) is -1.09. The van der Waals surface area contributed by atoms with Gasteiger partial charge in [0.15, 0.2) is 0 Å². The van der Waals surface area contributed by atoms with Gasteiger partial charge in [0.05, 0.1) is 18.9 Å². The summed E-state index contributed by atoms with van der Waals surface area (Å²) < 4.78 is 4.97. The Morgan fingerprint density at radius 3 is 2.65 bits per heavy atom. The lowest BCUT2D eigenvalue weighted by Crippen LogP contribution is -2.49. The minimum absolute atomic E-state index is 0.247. The Labute approximate surface area is 98.6 Å². The van der Waals surface area contributed by atoms with Gasteiger partial charge in [-0.25, -0.2) is 4.79 Å². The Balaban J connectivity index is 2.94. The molecule has 0 unspecified atom stereocenters. The standard InChI is InChI=1S/C11H14N2O4/c1-11(2,10(15)16)13-9(14)7-4-5-12-6-8(7)17-3/h4-6H,1-3H3,(H,13,14)(H,15,16). The molecule has 1 amide bonds. The van der Waals surface area contributed by atoms with Gasteiger partial charge in [0, 0.05) is 6.20 Å². The number of nitrogens with one attached hydrogen (secondary N) is 1. The number of nitrogens with zero attached hydrogens (tertiary/aromatic N) is 1. The molecule has 6 heteroatoms. The number of methoxy groups -OCH3 is 1. The Bertz CT molecular complexity index is 443. The van der Waals surface area contributed by atoms with Crippen molar-refractivity contribution in [2.24, 2.45) is 0 Å². The average molecular weight is 238 g/mol. The molecule has 0 atom stereocenters. The monoisotopic (exact) mass is 238 g/mol. The molecule has 2 N–H and O–H groups in total. The number of carbonyl (C=O) groups excluding carboxylic acids is 1. The summed E-state index contributed by atoms with van der Waals surface area (Å²) in [4.78, 5) is 26.6. The summed E-state index contributed by atoms with van der Waals surface area (Å²) in [6.45, 7) is 2.81. The minimum Gasteiger partial charge on any atom is -0.494 e. The number of pyridine rings is 1. The summed E-state index contributed by atoms with van der Waals surface area (Å²) in [6.07, 6.45) is 2.83. The SMILES string of the molecule is COc1cnccc1C(=O)NC(C)(C)C(=O)O. The van der Waals surface area contributed by atoms with Crippen molar-refractivity contribution in [3.05, 3.63) is 24.0 Å². The lowest BCUT2D eigenvalue weighted by atomic mass is 10.1. The topological polar surface area (TPSA) is 88.5 Å². The summed E-state index contributed by atoms with van der Waals surface area (Å²) >= 11 is 0. The van der Waals surface area contributed by atoms with Crippen molar-refractivity contribution in [3.8, 4) is 5.75 Å². The van der Waals surface area contributed by atoms with Gasteiger partial charge in [0.25, 0.3) is 5.91 Å². The zero-order valence-corrected chi connectivity index (χ0v) is 9.85. The van der Waals surface area contributed by atoms with Crippen LogP contribution in [0.15, 0.2) is 18.5 Å². The molecule has 92 valence electrons. The highest BCUT2D eigenvalue weighted by Crippen LogP contribution is 2.16. The van der Waals surface area contributed by atoms with E-state index in [2.05, 4.69) is 10.3 Å². The summed E-state index contributed by atoms with van der Waals surface area (Å²) in [5.74, 6) is -1.33. The average Bonchev–Trinajstić information content (AvgIpc) is 2.28. The molecule has 0 aliphatic heterocycles. The molecule has 6 nitrogen and oxygen atoms in total. The Morgan fingerprint density at radius 1 is 1.47 bits per heavy atom. The van der Waals surface area contributed by atoms with Gasteiger partial charge < -0.3 is 15.2 Å². The summed E-state index contributed by atoms with van der Waals surface area (Å²) in [6, 6.07) is 1.46. The van der Waals surface area contributed by atoms with Crippen molar-refractivity contribution in [1.82, 2.24) is 10.3 Å². The third-order valence-corrected chi connectivity index (χ3v) is 2.21. The number of aliphatic carboxylic acids is 1. The number of carboxylic acids is 1. The number of ether oxygens (including phenoxy) is 1. The van der Waals surface area contributed by atoms with E-state index in [0.717, 1.165) is 0 Å². The molecule has 0 saturated heterocycles. The van der Waals surface area contributed by atoms with Gasteiger partial charge in [-0.15, -0.1) is 0 Å². The molecular weight excluding hydrogens is 224 g/mol. The maximum atomic E-state index is 11.9. The van der Waals surface area contributed by atoms with Gasteiger partial charge in [0.2, 0.25) is 0 Å². The first-order chi connectivity index (χ1) is 7.88. The molecule has 0 saturated carbocycles. The molecule has 17 heavy (non-hydrogen) atoms. The second-order valence-corrected chi connectivity index (χ2v) is 3.96. The molecule has 1 aromatic heterocycles. The highest BCUT2D eigenvalue weighted by molar-refractivity contribution is 5.99. The van der Waals surface area contributed by atoms with Crippen LogP contribution in [-0.4, -0.2) is 34.6 Å². The number of hydrogen-bond acceptors (Lipinski definition) is 4. The van der Waals surface area contributed by atoms with Crippen molar-refractivity contribution in [2.45, 2.75) is 19.4 Å². The lowest BCUT2D eigenvalue weighted by Gasteiger charge is -2.21. The van der Waals surface area contributed by atoms with Gasteiger partial charge >= 0.3 is 5.97 Å². The first-order valence-electron chi connectivity index (χ1n) is 4.92. The van der Waals surface area contributed by atoms with E-state index in [1.165, 1.54) is 39.4 Å². The van der Waals surface area contributed by atoms with Crippen LogP contribution in [0.2, 0.25) is 0 Å². The van der Waals surface area contributed by atoms with Crippen LogP contribution in [0.1, 0.15) is 24.2 Å². The predicted molar refractivity (Wildman–Crippen MR) is 60.0 cm³/mol. The molecule has 0 aliphatic carbocycles. The van der Waals surface area contributed by atoms with Crippen molar-refractivity contribution >= 4 is 11.9 Å². The number of aromatic nitrogens is 1. The van der Waals surface area contributed by atoms with E-state index in [4.69, 9.17) is 9.84 Å². The maximum absolute atomic E-state index is 11.9. The van der Waals surface area contributed by atoms with Crippen molar-refractivity contribution in [2.75, 3.05) is 7.11 Å². The highest BCUT2D eigenvalue weighted by Gasteiger charge is 2.30. The smallest absolute Gasteiger partial charge is 0.328 e. The predicted octanol–water partition coefficient (Wildman–Crippen LogP) is 0.683. The first kappa shape index (κ1) is 13.0. The van der Waals surface area contributed by atoms with E-state index in [1.54, 1.807) is 0 Å². The normalized spacial score (nSPS) is 10.8. The number of hydrogen-bond donors (Lipinski definition) is 2. The molecule has 0 fully saturated rings. The van der Waals surface area contributed by atoms with Gasteiger partial charge in [-0.2, -0.15) is 0 Å². The first-order valence-corrected chi connectivity index (χ1v) is 4.92. The maximum Gasteiger partial charge on any atom is 0.328 e. The van der Waals surface area contributed by atoms with E-state index in [9.17, 15) is 9.59 Å². The molecule has 1 aromatic rings. The fraction of sp³-hybridized carbons (Fsp3) is 0.364. The van der Waals surface area contributed by atoms with Crippen LogP contribution in [-0.2, 0) is 4.79 Å². The molecule has 1 heterocycles. The molecule has 1 rings (SSSR count). The zero-order chi connectivity index (χ0) is 13.1. The fourth-order valence-corrected chi connectivity index (χ4v) is 1.13. The molecule has 0 aromatic carbocycles. The van der Waals surface area contributed by atoms with Gasteiger partial charge in [-0.05, 0) is 19.9 Å². The summed E-state index contributed by atoms with van der Waals surface area (Å²) in [5, 5.41) is 11.3. The fourth-order valence-electron chi connectivity index (χ4n) is 1.13. The van der Waals surface area contributed by atoms with Crippen LogP contribution in [0.3, 0.4) is 0 Å². The number of carbonyl (C=O) groups is 2. The lowest BCUT2D eigenvalue weighted by molar-refractivity contribution is -0.143. The van der Waals surface area contributed by atoms with Gasteiger partial charge in [-0.3, -0.25) is 9.78 Å². The molecule has 0 bridgehead atoms. The third-order valence-electron chi connectivity index (χ3n) is 2.21. The van der Waals surface area contributed by atoms with E-state index in [-0.39, 0.29) is 5.56 Å². The van der Waals surface area contributed by atoms with Crippen LogP contribution >= 0.6 is 0 Å². The summed E-state index contributed by atoms with van der Waals surface area (Å²) in [7, 11) is 1.41. The van der Waals surface area contributed by atoms with Crippen molar-refractivity contribution in [1.29, 1.82) is 0 Å². The van der Waals surface area contributed by atoms with E-state index in [0.29, 0.717) is 5.75 Å². The Morgan fingerprint density at radius 2 is 2.12 bits per heavy atom. The number of amides is 1. The van der Waals surface area contributed by atoms with Crippen molar-refractivity contribution < 1.29 is 19.4 Å². The highest BCUT2D eigenvalue weighted by atomic mass is 16.5. The van der Waals surface area contributed by atoms with Gasteiger partial charge in [-0.1, -0.05) is 0 Å². The second kappa shape index (κ2) is 4.82. The third kappa shape index (κ3) is 2.93. The number of carboxylic acid groups (broad SMARTS) is 1. The molecule has 0 aliphatic rings. The largest absolute Gasteiger partial charge is 0.494 e. The van der Waals surface area contributed by atoms with Crippen LogP contribution in [0.5, 0.6) is 5.75 Å². The van der Waals surface area contributed by atoms with Crippen molar-refractivity contribution in [3.63, 3.8) is 0 Å². The quantitative estimate of drug-likeness (QED) is 0.805. The van der Waals surface area contributed by atoms with Crippen LogP contribution < -0.4 is 10.1 Å². The molecule has 0 radical (unpaired) electrons. The zero-order valence-electron chi connectivity index (χ0n) is 9.85. The van der Waals surface area contributed by atoms with Gasteiger partial charge in [0.1, 0.15) is 11.3 Å². The van der Waals surface area contributed by atoms with E-state index >= 15 is 0 Å². The number of rotatable bonds is 4. The molecule has 0 spiro atoms. The minimum atomic E-state index is -1.34. The Hall–Kier alpha value is -2.11. The van der Waals surface area contributed by atoms with E-state index < -0.39 is 17.4 Å². The van der Waals surface area contributed by atoms with Crippen LogP contribution in [0.4, 0.5) is 0 Å².